The molecule has 0 unspecified atom stereocenters. The molecule has 0 spiro atoms. The van der Waals surface area contributed by atoms with Gasteiger partial charge < -0.3 is 14.6 Å². The molecule has 2 aromatic heterocycles. The Balaban J connectivity index is 1.76. The Labute approximate surface area is 152 Å². The van der Waals surface area contributed by atoms with E-state index < -0.39 is 0 Å². The minimum Gasteiger partial charge on any atom is -0.395 e. The van der Waals surface area contributed by atoms with Crippen molar-refractivity contribution in [3.63, 3.8) is 0 Å². The molecule has 25 heavy (non-hydrogen) atoms. The van der Waals surface area contributed by atoms with E-state index in [1.165, 1.54) is 0 Å². The van der Waals surface area contributed by atoms with Gasteiger partial charge in [-0.25, -0.2) is 0 Å². The fourth-order valence-electron chi connectivity index (χ4n) is 2.90. The van der Waals surface area contributed by atoms with E-state index in [0.717, 1.165) is 10.4 Å². The summed E-state index contributed by atoms with van der Waals surface area (Å²) in [5.41, 5.74) is 1.07. The van der Waals surface area contributed by atoms with Crippen LogP contribution >= 0.6 is 11.3 Å². The normalized spacial score (nSPS) is 12.0. The van der Waals surface area contributed by atoms with Crippen molar-refractivity contribution in [3.8, 4) is 0 Å². The standard InChI is InChI=1S/C20H22N2O2S/c23-13-12-22(16-17-7-2-1-3-8-17)20(24)15-18(19-9-6-14-25-19)21-10-4-5-11-21/h1-11,14,18,23H,12-13,15-16H2/t18-/m0/s1. The first kappa shape index (κ1) is 17.5. The molecule has 4 nitrogen and oxygen atoms in total. The number of amides is 1. The molecule has 1 N–H and O–H groups in total. The van der Waals surface area contributed by atoms with Crippen LogP contribution < -0.4 is 0 Å². The summed E-state index contributed by atoms with van der Waals surface area (Å²) >= 11 is 1.66. The molecule has 2 heterocycles. The maximum atomic E-state index is 12.9. The second-order valence-corrected chi connectivity index (χ2v) is 6.87. The molecule has 3 rings (SSSR count). The van der Waals surface area contributed by atoms with E-state index in [0.29, 0.717) is 19.5 Å². The van der Waals surface area contributed by atoms with Crippen LogP contribution in [0, 0.1) is 0 Å². The minimum atomic E-state index is -0.0360. The molecule has 0 aliphatic rings. The highest BCUT2D eigenvalue weighted by Gasteiger charge is 2.22. The average Bonchev–Trinajstić information content (AvgIpc) is 3.34. The summed E-state index contributed by atoms with van der Waals surface area (Å²) in [6.07, 6.45) is 4.36. The van der Waals surface area contributed by atoms with Gasteiger partial charge in [0.25, 0.3) is 0 Å². The lowest BCUT2D eigenvalue weighted by atomic mass is 10.1. The van der Waals surface area contributed by atoms with Gasteiger partial charge in [0.15, 0.2) is 0 Å². The van der Waals surface area contributed by atoms with Crippen LogP contribution in [0.4, 0.5) is 0 Å². The molecule has 0 radical (unpaired) electrons. The van der Waals surface area contributed by atoms with Crippen LogP contribution in [-0.4, -0.2) is 33.6 Å². The molecule has 1 amide bonds. The van der Waals surface area contributed by atoms with Gasteiger partial charge in [0.05, 0.1) is 19.1 Å². The predicted molar refractivity (Wildman–Crippen MR) is 100 cm³/mol. The van der Waals surface area contributed by atoms with Crippen molar-refractivity contribution in [2.24, 2.45) is 0 Å². The maximum Gasteiger partial charge on any atom is 0.225 e. The second kappa shape index (κ2) is 8.65. The lowest BCUT2D eigenvalue weighted by Crippen LogP contribution is -2.34. The summed E-state index contributed by atoms with van der Waals surface area (Å²) in [5.74, 6) is 0.0463. The number of hydrogen-bond acceptors (Lipinski definition) is 3. The Hall–Kier alpha value is -2.37. The van der Waals surface area contributed by atoms with Gasteiger partial charge in [0.1, 0.15) is 0 Å². The van der Waals surface area contributed by atoms with Gasteiger partial charge in [-0.05, 0) is 29.1 Å². The summed E-state index contributed by atoms with van der Waals surface area (Å²) < 4.78 is 2.07. The Morgan fingerprint density at radius 2 is 1.84 bits per heavy atom. The number of thiophene rings is 1. The quantitative estimate of drug-likeness (QED) is 0.672. The molecule has 0 aliphatic heterocycles. The van der Waals surface area contributed by atoms with Crippen LogP contribution in [-0.2, 0) is 11.3 Å². The van der Waals surface area contributed by atoms with Gasteiger partial charge >= 0.3 is 0 Å². The Morgan fingerprint density at radius 3 is 2.48 bits per heavy atom. The zero-order chi connectivity index (χ0) is 17.5. The maximum absolute atomic E-state index is 12.9. The number of hydrogen-bond donors (Lipinski definition) is 1. The third kappa shape index (κ3) is 4.59. The van der Waals surface area contributed by atoms with Gasteiger partial charge in [-0.1, -0.05) is 36.4 Å². The summed E-state index contributed by atoms with van der Waals surface area (Å²) in [6, 6.07) is 17.9. The van der Waals surface area contributed by atoms with Crippen molar-refractivity contribution in [3.05, 3.63) is 82.8 Å². The highest BCUT2D eigenvalue weighted by Crippen LogP contribution is 2.27. The van der Waals surface area contributed by atoms with Gasteiger partial charge in [-0.15, -0.1) is 11.3 Å². The van der Waals surface area contributed by atoms with Crippen molar-refractivity contribution in [2.45, 2.75) is 19.0 Å². The number of aliphatic hydroxyl groups is 1. The van der Waals surface area contributed by atoms with Gasteiger partial charge in [0, 0.05) is 30.4 Å². The third-order valence-electron chi connectivity index (χ3n) is 4.17. The predicted octanol–water partition coefficient (Wildman–Crippen LogP) is 3.55. The second-order valence-electron chi connectivity index (χ2n) is 5.89. The van der Waals surface area contributed by atoms with Crippen LogP contribution in [0.25, 0.3) is 0 Å². The number of aromatic nitrogens is 1. The SMILES string of the molecule is O=C(C[C@@H](c1cccs1)n1cccc1)N(CCO)Cc1ccccc1. The fraction of sp³-hybridized carbons (Fsp3) is 0.250. The summed E-state index contributed by atoms with van der Waals surface area (Å²) in [5, 5.41) is 11.4. The van der Waals surface area contributed by atoms with Crippen LogP contribution in [0.15, 0.2) is 72.4 Å². The average molecular weight is 354 g/mol. The molecule has 0 fully saturated rings. The Morgan fingerprint density at radius 1 is 1.08 bits per heavy atom. The van der Waals surface area contributed by atoms with Crippen LogP contribution in [0.2, 0.25) is 0 Å². The third-order valence-corrected chi connectivity index (χ3v) is 5.14. The van der Waals surface area contributed by atoms with E-state index >= 15 is 0 Å². The molecule has 0 saturated carbocycles. The summed E-state index contributed by atoms with van der Waals surface area (Å²) in [4.78, 5) is 15.8. The van der Waals surface area contributed by atoms with Crippen molar-refractivity contribution in [1.82, 2.24) is 9.47 Å². The number of aliphatic hydroxyl groups excluding tert-OH is 1. The zero-order valence-corrected chi connectivity index (χ0v) is 14.8. The Kier molecular flexibility index (Phi) is 6.04. The van der Waals surface area contributed by atoms with Crippen LogP contribution in [0.5, 0.6) is 0 Å². The van der Waals surface area contributed by atoms with E-state index in [2.05, 4.69) is 10.6 Å². The van der Waals surface area contributed by atoms with E-state index in [4.69, 9.17) is 0 Å². The molecule has 5 heteroatoms. The summed E-state index contributed by atoms with van der Waals surface area (Å²) in [7, 11) is 0. The number of benzene rings is 1. The molecule has 0 aliphatic carbocycles. The highest BCUT2D eigenvalue weighted by molar-refractivity contribution is 7.10. The smallest absolute Gasteiger partial charge is 0.225 e. The largest absolute Gasteiger partial charge is 0.395 e. The van der Waals surface area contributed by atoms with E-state index in [1.807, 2.05) is 66.3 Å². The highest BCUT2D eigenvalue weighted by atomic mass is 32.1. The van der Waals surface area contributed by atoms with E-state index in [1.54, 1.807) is 16.2 Å². The topological polar surface area (TPSA) is 45.5 Å². The number of rotatable bonds is 8. The van der Waals surface area contributed by atoms with Crippen molar-refractivity contribution < 1.29 is 9.90 Å². The first-order valence-electron chi connectivity index (χ1n) is 8.36. The van der Waals surface area contributed by atoms with Crippen LogP contribution in [0.3, 0.4) is 0 Å². The number of carbonyl (C=O) groups excluding carboxylic acids is 1. The van der Waals surface area contributed by atoms with Gasteiger partial charge in [0.2, 0.25) is 5.91 Å². The molecule has 130 valence electrons. The molecule has 0 saturated heterocycles. The van der Waals surface area contributed by atoms with Crippen molar-refractivity contribution >= 4 is 17.2 Å². The minimum absolute atomic E-state index is 0.0144. The van der Waals surface area contributed by atoms with Crippen LogP contribution in [0.1, 0.15) is 22.9 Å². The molecule has 1 atom stereocenters. The van der Waals surface area contributed by atoms with Crippen molar-refractivity contribution in [1.29, 1.82) is 0 Å². The molecule has 1 aromatic carbocycles. The summed E-state index contributed by atoms with van der Waals surface area (Å²) in [6.45, 7) is 0.825. The van der Waals surface area contributed by atoms with Crippen molar-refractivity contribution in [2.75, 3.05) is 13.2 Å². The van der Waals surface area contributed by atoms with E-state index in [-0.39, 0.29) is 18.6 Å². The van der Waals surface area contributed by atoms with Gasteiger partial charge in [-0.2, -0.15) is 0 Å². The zero-order valence-electron chi connectivity index (χ0n) is 14.0. The number of nitrogens with zero attached hydrogens (tertiary/aromatic N) is 2. The van der Waals surface area contributed by atoms with Gasteiger partial charge in [-0.3, -0.25) is 4.79 Å². The number of carbonyl (C=O) groups is 1. The molecular formula is C20H22N2O2S. The first-order chi connectivity index (χ1) is 12.3. The lowest BCUT2D eigenvalue weighted by Gasteiger charge is -2.25. The molecule has 0 bridgehead atoms. The van der Waals surface area contributed by atoms with E-state index in [9.17, 15) is 9.90 Å². The fourth-order valence-corrected chi connectivity index (χ4v) is 3.73. The monoisotopic (exact) mass is 354 g/mol. The first-order valence-corrected chi connectivity index (χ1v) is 9.24. The molecule has 3 aromatic rings. The molecular weight excluding hydrogens is 332 g/mol. The Bertz CT molecular complexity index is 720. The lowest BCUT2D eigenvalue weighted by molar-refractivity contribution is -0.132.